The van der Waals surface area contributed by atoms with Gasteiger partial charge in [0.25, 0.3) is 5.91 Å². The van der Waals surface area contributed by atoms with Gasteiger partial charge in [-0.2, -0.15) is 0 Å². The molecule has 2 atom stereocenters. The van der Waals surface area contributed by atoms with Gasteiger partial charge in [0.2, 0.25) is 5.88 Å². The molecular formula is C24H27FN6O3. The van der Waals surface area contributed by atoms with Crippen molar-refractivity contribution in [2.24, 2.45) is 0 Å². The van der Waals surface area contributed by atoms with Crippen LogP contribution in [0.4, 0.5) is 10.2 Å². The molecule has 1 fully saturated rings. The number of ether oxygens (including phenoxy) is 2. The van der Waals surface area contributed by atoms with Gasteiger partial charge in [-0.25, -0.2) is 14.4 Å². The fourth-order valence-corrected chi connectivity index (χ4v) is 4.44. The van der Waals surface area contributed by atoms with Gasteiger partial charge in [0.1, 0.15) is 5.82 Å². The number of amides is 1. The highest BCUT2D eigenvalue weighted by Gasteiger charge is 2.22. The van der Waals surface area contributed by atoms with Crippen LogP contribution in [0.1, 0.15) is 30.5 Å². The van der Waals surface area contributed by atoms with E-state index in [1.165, 1.54) is 6.20 Å². The molecule has 1 amide bonds. The minimum Gasteiger partial charge on any atom is -0.481 e. The molecule has 3 aromatic rings. The molecule has 0 aliphatic carbocycles. The number of nitrogens with one attached hydrogen (secondary N) is 3. The van der Waals surface area contributed by atoms with Crippen LogP contribution in [0.5, 0.6) is 11.6 Å². The second-order valence-corrected chi connectivity index (χ2v) is 8.59. The first-order valence-corrected chi connectivity index (χ1v) is 11.5. The van der Waals surface area contributed by atoms with E-state index in [1.54, 1.807) is 19.2 Å². The smallest absolute Gasteiger partial charge is 0.263 e. The van der Waals surface area contributed by atoms with Gasteiger partial charge in [-0.1, -0.05) is 0 Å². The number of rotatable bonds is 7. The van der Waals surface area contributed by atoms with Crippen LogP contribution in [0.25, 0.3) is 11.0 Å². The van der Waals surface area contributed by atoms with E-state index in [0.717, 1.165) is 31.5 Å². The number of aromatic nitrogens is 3. The van der Waals surface area contributed by atoms with Gasteiger partial charge in [0, 0.05) is 36.8 Å². The third-order valence-corrected chi connectivity index (χ3v) is 6.31. The van der Waals surface area contributed by atoms with Gasteiger partial charge >= 0.3 is 0 Å². The van der Waals surface area contributed by atoms with Crippen LogP contribution in [0.2, 0.25) is 0 Å². The van der Waals surface area contributed by atoms with Crippen molar-refractivity contribution in [3.8, 4) is 11.6 Å². The summed E-state index contributed by atoms with van der Waals surface area (Å²) < 4.78 is 25.1. The summed E-state index contributed by atoms with van der Waals surface area (Å²) in [5.41, 5.74) is 2.66. The number of methoxy groups -OCH3 is 1. The van der Waals surface area contributed by atoms with E-state index >= 15 is 0 Å². The highest BCUT2D eigenvalue weighted by atomic mass is 19.1. The van der Waals surface area contributed by atoms with Crippen LogP contribution < -0.4 is 25.4 Å². The third-order valence-electron chi connectivity index (χ3n) is 6.31. The Balaban J connectivity index is 1.13. The molecule has 0 unspecified atom stereocenters. The molecular weight excluding hydrogens is 439 g/mol. The normalized spacial score (nSPS) is 19.9. The lowest BCUT2D eigenvalue weighted by Gasteiger charge is -2.30. The molecule has 0 spiro atoms. The number of pyridine rings is 3. The summed E-state index contributed by atoms with van der Waals surface area (Å²) in [7, 11) is 1.55. The molecule has 2 aliphatic rings. The second-order valence-electron chi connectivity index (χ2n) is 8.59. The number of fused-ring (bicyclic) bond motifs is 2. The largest absolute Gasteiger partial charge is 0.481 e. The number of hydrogen-bond acceptors (Lipinski definition) is 8. The van der Waals surface area contributed by atoms with Crippen LogP contribution in [0, 0.1) is 5.82 Å². The Morgan fingerprint density at radius 3 is 2.97 bits per heavy atom. The minimum atomic E-state index is -0.331. The Labute approximate surface area is 196 Å². The number of halogens is 1. The Kier molecular flexibility index (Phi) is 6.50. The van der Waals surface area contributed by atoms with Crippen LogP contribution in [0.15, 0.2) is 30.5 Å². The standard InChI is InChI=1S/C24H27FN6O3/c1-33-22-9-7-19-23(31-22)17(18(25)12-28-19)6-4-14-2-3-15(10-26-14)27-11-16-5-8-20-24(29-16)30-21(32)13-34-20/h5,7-9,12,14-15,26-27H,2-4,6,10-11,13H2,1H3,(H,29,30,32)/t14-,15-/m0/s1. The van der Waals surface area contributed by atoms with E-state index in [0.29, 0.717) is 59.1 Å². The van der Waals surface area contributed by atoms with Crippen molar-refractivity contribution in [3.05, 3.63) is 47.5 Å². The zero-order chi connectivity index (χ0) is 23.5. The molecule has 5 rings (SSSR count). The van der Waals surface area contributed by atoms with Crippen molar-refractivity contribution in [3.63, 3.8) is 0 Å². The molecule has 3 aromatic heterocycles. The number of carbonyl (C=O) groups is 1. The van der Waals surface area contributed by atoms with E-state index in [-0.39, 0.29) is 18.3 Å². The van der Waals surface area contributed by atoms with Crippen molar-refractivity contribution < 1.29 is 18.7 Å². The van der Waals surface area contributed by atoms with Gasteiger partial charge in [0.05, 0.1) is 30.0 Å². The lowest BCUT2D eigenvalue weighted by atomic mass is 9.95. The summed E-state index contributed by atoms with van der Waals surface area (Å²) in [6.45, 7) is 1.44. The summed E-state index contributed by atoms with van der Waals surface area (Å²) in [5.74, 6) is 0.997. The van der Waals surface area contributed by atoms with E-state index in [4.69, 9.17) is 9.47 Å². The maximum Gasteiger partial charge on any atom is 0.263 e. The number of nitrogens with zero attached hydrogens (tertiary/aromatic N) is 3. The van der Waals surface area contributed by atoms with Gasteiger partial charge in [-0.3, -0.25) is 9.78 Å². The molecule has 1 saturated heterocycles. The summed E-state index contributed by atoms with van der Waals surface area (Å²) in [6, 6.07) is 7.89. The van der Waals surface area contributed by atoms with E-state index in [1.807, 2.05) is 12.1 Å². The minimum absolute atomic E-state index is 0.0237. The van der Waals surface area contributed by atoms with Crippen molar-refractivity contribution in [2.45, 2.75) is 44.3 Å². The van der Waals surface area contributed by atoms with Crippen molar-refractivity contribution >= 4 is 22.8 Å². The molecule has 0 aromatic carbocycles. The maximum atomic E-state index is 14.5. The maximum absolute atomic E-state index is 14.5. The van der Waals surface area contributed by atoms with E-state index in [9.17, 15) is 9.18 Å². The average molecular weight is 467 g/mol. The predicted molar refractivity (Wildman–Crippen MR) is 124 cm³/mol. The zero-order valence-electron chi connectivity index (χ0n) is 18.9. The number of carbonyl (C=O) groups excluding carboxylic acids is 1. The summed E-state index contributed by atoms with van der Waals surface area (Å²) >= 11 is 0. The molecule has 10 heteroatoms. The summed E-state index contributed by atoms with van der Waals surface area (Å²) in [4.78, 5) is 24.5. The second kappa shape index (κ2) is 9.86. The Morgan fingerprint density at radius 2 is 2.15 bits per heavy atom. The van der Waals surface area contributed by atoms with Crippen LogP contribution in [-0.2, 0) is 17.8 Å². The highest BCUT2D eigenvalue weighted by Crippen LogP contribution is 2.26. The molecule has 0 saturated carbocycles. The average Bonchev–Trinajstić information content (AvgIpc) is 2.87. The number of anilines is 1. The molecule has 178 valence electrons. The quantitative estimate of drug-likeness (QED) is 0.487. The number of aryl methyl sites for hydroxylation is 1. The van der Waals surface area contributed by atoms with Crippen LogP contribution in [-0.4, -0.2) is 53.2 Å². The molecule has 5 heterocycles. The summed E-state index contributed by atoms with van der Waals surface area (Å²) in [5, 5.41) is 9.84. The van der Waals surface area contributed by atoms with Gasteiger partial charge < -0.3 is 25.4 Å². The van der Waals surface area contributed by atoms with Crippen molar-refractivity contribution in [1.29, 1.82) is 0 Å². The monoisotopic (exact) mass is 466 g/mol. The number of piperidine rings is 1. The first kappa shape index (κ1) is 22.4. The lowest BCUT2D eigenvalue weighted by Crippen LogP contribution is -2.47. The van der Waals surface area contributed by atoms with Crippen molar-refractivity contribution in [2.75, 3.05) is 25.6 Å². The Hall–Kier alpha value is -3.37. The summed E-state index contributed by atoms with van der Waals surface area (Å²) in [6.07, 6.45) is 4.66. The fraction of sp³-hybridized carbons (Fsp3) is 0.417. The predicted octanol–water partition coefficient (Wildman–Crippen LogP) is 2.35. The highest BCUT2D eigenvalue weighted by molar-refractivity contribution is 5.94. The van der Waals surface area contributed by atoms with Crippen LogP contribution >= 0.6 is 0 Å². The molecule has 0 bridgehead atoms. The number of hydrogen-bond donors (Lipinski definition) is 3. The topological polar surface area (TPSA) is 110 Å². The van der Waals surface area contributed by atoms with E-state index in [2.05, 4.69) is 30.9 Å². The van der Waals surface area contributed by atoms with Gasteiger partial charge in [-0.05, 0) is 43.9 Å². The zero-order valence-corrected chi connectivity index (χ0v) is 18.9. The Bertz CT molecular complexity index is 1200. The SMILES string of the molecule is COc1ccc2ncc(F)c(CC[C@@H]3CC[C@H](NCc4ccc5c(n4)NC(=O)CO5)CN3)c2n1. The molecule has 2 aliphatic heterocycles. The molecule has 9 nitrogen and oxygen atoms in total. The van der Waals surface area contributed by atoms with Crippen molar-refractivity contribution in [1.82, 2.24) is 25.6 Å². The van der Waals surface area contributed by atoms with Gasteiger partial charge in [0.15, 0.2) is 18.2 Å². The lowest BCUT2D eigenvalue weighted by molar-refractivity contribution is -0.118. The fourth-order valence-electron chi connectivity index (χ4n) is 4.44. The van der Waals surface area contributed by atoms with Gasteiger partial charge in [-0.15, -0.1) is 0 Å². The third kappa shape index (κ3) is 4.92. The van der Waals surface area contributed by atoms with E-state index < -0.39 is 0 Å². The molecule has 34 heavy (non-hydrogen) atoms. The first-order valence-electron chi connectivity index (χ1n) is 11.5. The van der Waals surface area contributed by atoms with Crippen LogP contribution in [0.3, 0.4) is 0 Å². The molecule has 0 radical (unpaired) electrons. The first-order chi connectivity index (χ1) is 16.6. The molecule has 3 N–H and O–H groups in total. The Morgan fingerprint density at radius 1 is 1.24 bits per heavy atom.